The Morgan fingerprint density at radius 1 is 1.45 bits per heavy atom. The van der Waals surface area contributed by atoms with Gasteiger partial charge in [0.15, 0.2) is 0 Å². The molecule has 1 saturated heterocycles. The minimum Gasteiger partial charge on any atom is -0.480 e. The number of nitrogens with one attached hydrogen (secondary N) is 1. The van der Waals surface area contributed by atoms with E-state index in [0.717, 1.165) is 4.31 Å². The number of hydrogen-bond donors (Lipinski definition) is 3. The zero-order chi connectivity index (χ0) is 15.3. The number of aliphatic hydroxyl groups excluding tert-OH is 1. The molecule has 0 spiro atoms. The van der Waals surface area contributed by atoms with Crippen molar-refractivity contribution >= 4 is 21.9 Å². The summed E-state index contributed by atoms with van der Waals surface area (Å²) in [6.45, 7) is 1.25. The van der Waals surface area contributed by atoms with Crippen molar-refractivity contribution in [3.05, 3.63) is 0 Å². The molecule has 0 aromatic carbocycles. The summed E-state index contributed by atoms with van der Waals surface area (Å²) in [6, 6.07) is -2.31. The van der Waals surface area contributed by atoms with Crippen LogP contribution >= 0.6 is 0 Å². The van der Waals surface area contributed by atoms with Crippen molar-refractivity contribution in [2.45, 2.75) is 38.3 Å². The average Bonchev–Trinajstić information content (AvgIpc) is 2.85. The lowest BCUT2D eigenvalue weighted by atomic mass is 10.2. The van der Waals surface area contributed by atoms with Gasteiger partial charge in [0.1, 0.15) is 12.1 Å². The van der Waals surface area contributed by atoms with E-state index in [1.165, 1.54) is 0 Å². The Labute approximate surface area is 117 Å². The van der Waals surface area contributed by atoms with Gasteiger partial charge in [0.25, 0.3) is 0 Å². The first-order chi connectivity index (χ1) is 9.33. The summed E-state index contributed by atoms with van der Waals surface area (Å²) < 4.78 is 25.2. The van der Waals surface area contributed by atoms with Crippen molar-refractivity contribution < 1.29 is 28.2 Å². The van der Waals surface area contributed by atoms with Gasteiger partial charge in [0, 0.05) is 6.54 Å². The first-order valence-corrected chi connectivity index (χ1v) is 8.08. The van der Waals surface area contributed by atoms with Crippen molar-refractivity contribution in [2.75, 3.05) is 18.9 Å². The number of carboxylic acid groups (broad SMARTS) is 1. The van der Waals surface area contributed by atoms with Gasteiger partial charge in [-0.15, -0.1) is 0 Å². The van der Waals surface area contributed by atoms with Gasteiger partial charge >= 0.3 is 5.97 Å². The standard InChI is InChI=1S/C11H20N2O6S/c1-2-6-20(18,19)13-5-3-4-9(13)10(15)12-8(7-14)11(16)17/h8-9,14H,2-7H2,1H3,(H,12,15)(H,16,17)/t8-,9?/m1/s1. The molecule has 8 nitrogen and oxygen atoms in total. The third-order valence-electron chi connectivity index (χ3n) is 3.12. The number of hydrogen-bond acceptors (Lipinski definition) is 5. The maximum Gasteiger partial charge on any atom is 0.328 e. The van der Waals surface area contributed by atoms with E-state index in [1.807, 2.05) is 0 Å². The van der Waals surface area contributed by atoms with E-state index in [2.05, 4.69) is 5.32 Å². The van der Waals surface area contributed by atoms with Crippen LogP contribution < -0.4 is 5.32 Å². The lowest BCUT2D eigenvalue weighted by Gasteiger charge is -2.24. The molecule has 3 N–H and O–H groups in total. The molecule has 2 atom stereocenters. The van der Waals surface area contributed by atoms with Crippen LogP contribution in [0.1, 0.15) is 26.2 Å². The van der Waals surface area contributed by atoms with Crippen molar-refractivity contribution in [3.8, 4) is 0 Å². The van der Waals surface area contributed by atoms with Crippen molar-refractivity contribution in [2.24, 2.45) is 0 Å². The number of nitrogens with zero attached hydrogens (tertiary/aromatic N) is 1. The summed E-state index contributed by atoms with van der Waals surface area (Å²) >= 11 is 0. The minimum absolute atomic E-state index is 0.0425. The first-order valence-electron chi connectivity index (χ1n) is 6.47. The van der Waals surface area contributed by atoms with Gasteiger partial charge in [-0.2, -0.15) is 4.31 Å². The van der Waals surface area contributed by atoms with E-state index in [9.17, 15) is 18.0 Å². The fraction of sp³-hybridized carbons (Fsp3) is 0.818. The molecule has 0 aliphatic carbocycles. The van der Waals surface area contributed by atoms with Gasteiger partial charge in [-0.05, 0) is 19.3 Å². The Balaban J connectivity index is 2.79. The summed E-state index contributed by atoms with van der Waals surface area (Å²) in [4.78, 5) is 22.7. The molecule has 0 bridgehead atoms. The maximum atomic E-state index is 12.0. The highest BCUT2D eigenvalue weighted by Gasteiger charge is 2.39. The zero-order valence-electron chi connectivity index (χ0n) is 11.3. The monoisotopic (exact) mass is 308 g/mol. The van der Waals surface area contributed by atoms with Crippen LogP contribution in [0.15, 0.2) is 0 Å². The molecular weight excluding hydrogens is 288 g/mol. The van der Waals surface area contributed by atoms with Crippen LogP contribution in [0.2, 0.25) is 0 Å². The van der Waals surface area contributed by atoms with E-state index in [-0.39, 0.29) is 12.3 Å². The van der Waals surface area contributed by atoms with Gasteiger partial charge in [-0.25, -0.2) is 13.2 Å². The van der Waals surface area contributed by atoms with Crippen LogP contribution in [0, 0.1) is 0 Å². The molecule has 1 heterocycles. The smallest absolute Gasteiger partial charge is 0.328 e. The molecule has 0 saturated carbocycles. The zero-order valence-corrected chi connectivity index (χ0v) is 12.1. The number of rotatable bonds is 7. The van der Waals surface area contributed by atoms with E-state index in [1.54, 1.807) is 6.92 Å². The minimum atomic E-state index is -3.50. The third kappa shape index (κ3) is 3.90. The molecule has 1 amide bonds. The molecule has 9 heteroatoms. The SMILES string of the molecule is CCCS(=O)(=O)N1CCCC1C(=O)N[C@H](CO)C(=O)O. The number of carboxylic acids is 1. The molecule has 1 aliphatic rings. The highest BCUT2D eigenvalue weighted by Crippen LogP contribution is 2.22. The van der Waals surface area contributed by atoms with Crippen LogP contribution in [0.4, 0.5) is 0 Å². The quantitative estimate of drug-likeness (QED) is 0.540. The fourth-order valence-electron chi connectivity index (χ4n) is 2.16. The Hall–Kier alpha value is -1.19. The molecule has 20 heavy (non-hydrogen) atoms. The second-order valence-corrected chi connectivity index (χ2v) is 6.71. The molecular formula is C11H20N2O6S. The highest BCUT2D eigenvalue weighted by molar-refractivity contribution is 7.89. The van der Waals surface area contributed by atoms with Crippen molar-refractivity contribution in [3.63, 3.8) is 0 Å². The second-order valence-electron chi connectivity index (χ2n) is 4.67. The summed E-state index contributed by atoms with van der Waals surface area (Å²) in [5, 5.41) is 19.8. The van der Waals surface area contributed by atoms with Crippen molar-refractivity contribution in [1.29, 1.82) is 0 Å². The molecule has 1 aliphatic heterocycles. The van der Waals surface area contributed by atoms with Crippen LogP contribution in [0.5, 0.6) is 0 Å². The molecule has 116 valence electrons. The Morgan fingerprint density at radius 2 is 2.10 bits per heavy atom. The normalized spacial score (nSPS) is 21.6. The topological polar surface area (TPSA) is 124 Å². The highest BCUT2D eigenvalue weighted by atomic mass is 32.2. The molecule has 1 unspecified atom stereocenters. The predicted molar refractivity (Wildman–Crippen MR) is 70.5 cm³/mol. The van der Waals surface area contributed by atoms with Gasteiger partial charge < -0.3 is 15.5 Å². The molecule has 1 rings (SSSR count). The number of aliphatic carboxylic acids is 1. The van der Waals surface area contributed by atoms with Gasteiger partial charge in [-0.3, -0.25) is 4.79 Å². The number of amides is 1. The summed E-state index contributed by atoms with van der Waals surface area (Å²) in [7, 11) is -3.50. The first kappa shape index (κ1) is 16.9. The van der Waals surface area contributed by atoms with E-state index in [0.29, 0.717) is 19.3 Å². The second kappa shape index (κ2) is 7.00. The Morgan fingerprint density at radius 3 is 2.60 bits per heavy atom. The molecule has 1 fully saturated rings. The van der Waals surface area contributed by atoms with Crippen LogP contribution in [0.25, 0.3) is 0 Å². The lowest BCUT2D eigenvalue weighted by molar-refractivity contribution is -0.143. The predicted octanol–water partition coefficient (Wildman–Crippen LogP) is -1.25. The Bertz CT molecular complexity index is 464. The van der Waals surface area contributed by atoms with E-state index < -0.39 is 40.6 Å². The fourth-order valence-corrected chi connectivity index (χ4v) is 3.91. The summed E-state index contributed by atoms with van der Waals surface area (Å²) in [5.74, 6) is -2.08. The van der Waals surface area contributed by atoms with Crippen LogP contribution in [0.3, 0.4) is 0 Å². The van der Waals surface area contributed by atoms with E-state index in [4.69, 9.17) is 10.2 Å². The summed E-state index contributed by atoms with van der Waals surface area (Å²) in [5.41, 5.74) is 0. The van der Waals surface area contributed by atoms with Gasteiger partial charge in [0.05, 0.1) is 12.4 Å². The van der Waals surface area contributed by atoms with Crippen LogP contribution in [-0.4, -0.2) is 65.8 Å². The Kier molecular flexibility index (Phi) is 5.90. The van der Waals surface area contributed by atoms with E-state index >= 15 is 0 Å². The largest absolute Gasteiger partial charge is 0.480 e. The summed E-state index contributed by atoms with van der Waals surface area (Å²) in [6.07, 6.45) is 1.35. The molecule has 0 aromatic rings. The van der Waals surface area contributed by atoms with Crippen LogP contribution in [-0.2, 0) is 19.6 Å². The van der Waals surface area contributed by atoms with Gasteiger partial charge in [-0.1, -0.05) is 6.92 Å². The molecule has 0 aromatic heterocycles. The third-order valence-corrected chi connectivity index (χ3v) is 5.20. The number of carbonyl (C=O) groups excluding carboxylic acids is 1. The number of carbonyl (C=O) groups is 2. The number of aliphatic hydroxyl groups is 1. The lowest BCUT2D eigenvalue weighted by Crippen LogP contribution is -2.52. The van der Waals surface area contributed by atoms with Gasteiger partial charge in [0.2, 0.25) is 15.9 Å². The number of sulfonamides is 1. The van der Waals surface area contributed by atoms with Crippen molar-refractivity contribution in [1.82, 2.24) is 9.62 Å². The maximum absolute atomic E-state index is 12.0. The molecule has 0 radical (unpaired) electrons. The average molecular weight is 308 g/mol.